The van der Waals surface area contributed by atoms with Crippen LogP contribution in [-0.2, 0) is 0 Å². The van der Waals surface area contributed by atoms with Gasteiger partial charge in [0.15, 0.2) is 11.6 Å². The minimum atomic E-state index is -0.452. The molecule has 2 aromatic carbocycles. The lowest BCUT2D eigenvalue weighted by molar-refractivity contribution is -0.384. The largest absolute Gasteiger partial charge is 0.398 e. The Morgan fingerprint density at radius 2 is 1.95 bits per heavy atom. The third-order valence-electron chi connectivity index (χ3n) is 3.02. The van der Waals surface area contributed by atoms with Crippen molar-refractivity contribution in [2.75, 3.05) is 5.73 Å². The summed E-state index contributed by atoms with van der Waals surface area (Å²) >= 11 is 0. The third-order valence-corrected chi connectivity index (χ3v) is 3.02. The molecule has 0 radical (unpaired) electrons. The monoisotopic (exact) mass is 281 g/mol. The van der Waals surface area contributed by atoms with Gasteiger partial charge in [-0.25, -0.2) is 4.98 Å². The van der Waals surface area contributed by atoms with E-state index in [1.54, 1.807) is 18.2 Å². The van der Waals surface area contributed by atoms with E-state index in [0.717, 1.165) is 5.56 Å². The van der Waals surface area contributed by atoms with E-state index in [0.29, 0.717) is 22.9 Å². The van der Waals surface area contributed by atoms with Crippen LogP contribution >= 0.6 is 0 Å². The maximum atomic E-state index is 10.8. The van der Waals surface area contributed by atoms with Crippen LogP contribution in [0.25, 0.3) is 22.8 Å². The van der Waals surface area contributed by atoms with Gasteiger partial charge in [-0.15, -0.1) is 0 Å². The maximum Gasteiger partial charge on any atom is 0.270 e. The fraction of sp³-hybridized carbons (Fsp3) is 0. The van der Waals surface area contributed by atoms with E-state index >= 15 is 0 Å². The van der Waals surface area contributed by atoms with E-state index in [1.165, 1.54) is 12.1 Å². The first kappa shape index (κ1) is 12.8. The van der Waals surface area contributed by atoms with E-state index < -0.39 is 4.92 Å². The molecule has 1 heterocycles. The van der Waals surface area contributed by atoms with Gasteiger partial charge in [0.1, 0.15) is 0 Å². The Balaban J connectivity index is 2.01. The number of rotatable bonds is 3. The van der Waals surface area contributed by atoms with Crippen LogP contribution in [0.3, 0.4) is 0 Å². The molecule has 0 saturated carbocycles. The summed E-state index contributed by atoms with van der Waals surface area (Å²) in [4.78, 5) is 14.7. The van der Waals surface area contributed by atoms with Crippen molar-refractivity contribution in [1.82, 2.24) is 15.2 Å². The molecule has 0 aliphatic heterocycles. The minimum Gasteiger partial charge on any atom is -0.398 e. The number of aromatic nitrogens is 3. The van der Waals surface area contributed by atoms with Crippen molar-refractivity contribution >= 4 is 11.4 Å². The first-order chi connectivity index (χ1) is 10.1. The Morgan fingerprint density at radius 3 is 2.71 bits per heavy atom. The number of anilines is 1. The molecule has 0 atom stereocenters. The fourth-order valence-electron chi connectivity index (χ4n) is 1.98. The second-order valence-electron chi connectivity index (χ2n) is 4.40. The normalized spacial score (nSPS) is 10.5. The quantitative estimate of drug-likeness (QED) is 0.435. The van der Waals surface area contributed by atoms with E-state index in [1.807, 2.05) is 18.2 Å². The predicted octanol–water partition coefficient (Wildman–Crippen LogP) is 2.63. The van der Waals surface area contributed by atoms with Crippen molar-refractivity contribution in [2.45, 2.75) is 0 Å². The standard InChI is InChI=1S/C14H11N5O2/c15-12-7-2-1-6-11(12)14-16-13(17-18-14)9-4-3-5-10(8-9)19(20)21/h1-8H,15H2,(H,16,17,18). The van der Waals surface area contributed by atoms with E-state index in [2.05, 4.69) is 15.2 Å². The van der Waals surface area contributed by atoms with Gasteiger partial charge < -0.3 is 5.73 Å². The molecular formula is C14H11N5O2. The number of non-ortho nitro benzene ring substituents is 1. The fourth-order valence-corrected chi connectivity index (χ4v) is 1.98. The molecule has 0 bridgehead atoms. The zero-order valence-corrected chi connectivity index (χ0v) is 10.9. The zero-order valence-electron chi connectivity index (χ0n) is 10.9. The Hall–Kier alpha value is -3.22. The van der Waals surface area contributed by atoms with Crippen LogP contribution in [-0.4, -0.2) is 20.1 Å². The van der Waals surface area contributed by atoms with Gasteiger partial charge in [0.2, 0.25) is 0 Å². The van der Waals surface area contributed by atoms with Crippen LogP contribution in [0.15, 0.2) is 48.5 Å². The summed E-state index contributed by atoms with van der Waals surface area (Å²) in [5, 5.41) is 17.7. The highest BCUT2D eigenvalue weighted by molar-refractivity contribution is 5.72. The number of nitro groups is 1. The maximum absolute atomic E-state index is 10.8. The van der Waals surface area contributed by atoms with Crippen LogP contribution in [0, 0.1) is 10.1 Å². The Morgan fingerprint density at radius 1 is 1.14 bits per heavy atom. The van der Waals surface area contributed by atoms with Crippen LogP contribution in [0.2, 0.25) is 0 Å². The molecule has 7 heteroatoms. The molecule has 0 saturated heterocycles. The van der Waals surface area contributed by atoms with Crippen LogP contribution in [0.5, 0.6) is 0 Å². The molecule has 104 valence electrons. The summed E-state index contributed by atoms with van der Waals surface area (Å²) in [7, 11) is 0. The molecule has 0 aliphatic carbocycles. The van der Waals surface area contributed by atoms with Gasteiger partial charge in [-0.05, 0) is 12.1 Å². The number of hydrogen-bond donors (Lipinski definition) is 2. The molecule has 0 fully saturated rings. The summed E-state index contributed by atoms with van der Waals surface area (Å²) < 4.78 is 0. The highest BCUT2D eigenvalue weighted by Crippen LogP contribution is 2.25. The van der Waals surface area contributed by atoms with Crippen molar-refractivity contribution in [1.29, 1.82) is 0 Å². The van der Waals surface area contributed by atoms with Gasteiger partial charge in [0, 0.05) is 28.9 Å². The molecule has 0 spiro atoms. The second kappa shape index (κ2) is 5.04. The lowest BCUT2D eigenvalue weighted by atomic mass is 10.1. The number of aromatic amines is 1. The van der Waals surface area contributed by atoms with Crippen LogP contribution < -0.4 is 5.73 Å². The SMILES string of the molecule is Nc1ccccc1-c1nc(-c2cccc([N+](=O)[O-])c2)n[nH]1. The van der Waals surface area contributed by atoms with Gasteiger partial charge in [-0.3, -0.25) is 15.2 Å². The number of benzene rings is 2. The van der Waals surface area contributed by atoms with Crippen LogP contribution in [0.1, 0.15) is 0 Å². The average Bonchev–Trinajstić information content (AvgIpc) is 2.97. The molecule has 0 unspecified atom stereocenters. The molecular weight excluding hydrogens is 270 g/mol. The van der Waals surface area contributed by atoms with Crippen molar-refractivity contribution < 1.29 is 4.92 Å². The summed E-state index contributed by atoms with van der Waals surface area (Å²) in [6.45, 7) is 0. The third kappa shape index (κ3) is 2.44. The molecule has 3 rings (SSSR count). The highest BCUT2D eigenvalue weighted by atomic mass is 16.6. The first-order valence-electron chi connectivity index (χ1n) is 6.17. The molecule has 21 heavy (non-hydrogen) atoms. The zero-order chi connectivity index (χ0) is 14.8. The van der Waals surface area contributed by atoms with Crippen molar-refractivity contribution in [3.63, 3.8) is 0 Å². The number of H-pyrrole nitrogens is 1. The Bertz CT molecular complexity index is 812. The smallest absolute Gasteiger partial charge is 0.270 e. The summed E-state index contributed by atoms with van der Waals surface area (Å²) in [5.74, 6) is 0.909. The Labute approximate surface area is 119 Å². The van der Waals surface area contributed by atoms with Crippen LogP contribution in [0.4, 0.5) is 11.4 Å². The summed E-state index contributed by atoms with van der Waals surface area (Å²) in [6.07, 6.45) is 0. The molecule has 0 aliphatic rings. The number of nitro benzene ring substituents is 1. The number of nitrogens with two attached hydrogens (primary N) is 1. The number of nitrogen functional groups attached to an aromatic ring is 1. The van der Waals surface area contributed by atoms with Gasteiger partial charge in [0.05, 0.1) is 4.92 Å². The number of nitrogens with one attached hydrogen (secondary N) is 1. The van der Waals surface area contributed by atoms with Gasteiger partial charge in [-0.2, -0.15) is 5.10 Å². The first-order valence-corrected chi connectivity index (χ1v) is 6.17. The highest BCUT2D eigenvalue weighted by Gasteiger charge is 2.12. The molecule has 3 aromatic rings. The lowest BCUT2D eigenvalue weighted by Crippen LogP contribution is -1.90. The number of nitrogens with zero attached hydrogens (tertiary/aromatic N) is 3. The Kier molecular flexibility index (Phi) is 3.07. The number of hydrogen-bond acceptors (Lipinski definition) is 5. The summed E-state index contributed by atoms with van der Waals surface area (Å²) in [6, 6.07) is 13.4. The van der Waals surface area contributed by atoms with E-state index in [4.69, 9.17) is 5.73 Å². The molecule has 0 amide bonds. The van der Waals surface area contributed by atoms with Crippen molar-refractivity contribution in [3.8, 4) is 22.8 Å². The second-order valence-corrected chi connectivity index (χ2v) is 4.40. The lowest BCUT2D eigenvalue weighted by Gasteiger charge is -1.99. The average molecular weight is 281 g/mol. The van der Waals surface area contributed by atoms with E-state index in [9.17, 15) is 10.1 Å². The van der Waals surface area contributed by atoms with E-state index in [-0.39, 0.29) is 5.69 Å². The number of para-hydroxylation sites is 1. The minimum absolute atomic E-state index is 0.00178. The topological polar surface area (TPSA) is 111 Å². The van der Waals surface area contributed by atoms with Gasteiger partial charge in [0.25, 0.3) is 5.69 Å². The van der Waals surface area contributed by atoms with Crippen molar-refractivity contribution in [2.24, 2.45) is 0 Å². The summed E-state index contributed by atoms with van der Waals surface area (Å²) in [5.41, 5.74) is 7.78. The molecule has 3 N–H and O–H groups in total. The van der Waals surface area contributed by atoms with Gasteiger partial charge >= 0.3 is 0 Å². The van der Waals surface area contributed by atoms with Gasteiger partial charge in [-0.1, -0.05) is 24.3 Å². The predicted molar refractivity (Wildman–Crippen MR) is 78.3 cm³/mol. The molecule has 1 aromatic heterocycles. The van der Waals surface area contributed by atoms with Crippen molar-refractivity contribution in [3.05, 3.63) is 58.6 Å². The molecule has 7 nitrogen and oxygen atoms in total.